The van der Waals surface area contributed by atoms with Gasteiger partial charge >= 0.3 is 5.97 Å². The number of aromatic nitrogens is 1. The highest BCUT2D eigenvalue weighted by molar-refractivity contribution is 7.89. The molecule has 1 N–H and O–H groups in total. The number of sulfone groups is 1. The van der Waals surface area contributed by atoms with Gasteiger partial charge in [-0.15, -0.1) is 11.3 Å². The first kappa shape index (κ1) is 15.7. The number of nitrogens with zero attached hydrogens (tertiary/aromatic N) is 1. The van der Waals surface area contributed by atoms with Crippen LogP contribution in [0.3, 0.4) is 0 Å². The van der Waals surface area contributed by atoms with Crippen LogP contribution in [0.4, 0.5) is 0 Å². The highest BCUT2D eigenvalue weighted by Gasteiger charge is 2.17. The molecule has 1 heterocycles. The van der Waals surface area contributed by atoms with E-state index in [2.05, 4.69) is 4.98 Å². The van der Waals surface area contributed by atoms with Crippen molar-refractivity contribution in [3.63, 3.8) is 0 Å². The Morgan fingerprint density at radius 2 is 1.81 bits per heavy atom. The number of aromatic carboxylic acids is 1. The van der Waals surface area contributed by atoms with Crippen LogP contribution in [0.1, 0.15) is 32.2 Å². The Morgan fingerprint density at radius 1 is 1.19 bits per heavy atom. The van der Waals surface area contributed by atoms with Gasteiger partial charge in [0.2, 0.25) is 5.01 Å². The fourth-order valence-corrected chi connectivity index (χ4v) is 4.29. The standard InChI is InChI=1S/C14H15NO4S2/c1-9-3-10(2)5-11(4-9)7-21(18,19)8-12-6-20-13(15-12)14(16)17/h3-6H,7-8H2,1-2H3,(H,16,17). The summed E-state index contributed by atoms with van der Waals surface area (Å²) in [6.07, 6.45) is 0. The Hall–Kier alpha value is -1.73. The van der Waals surface area contributed by atoms with Crippen molar-refractivity contribution in [2.75, 3.05) is 0 Å². The molecule has 0 bridgehead atoms. The van der Waals surface area contributed by atoms with Crippen LogP contribution < -0.4 is 0 Å². The summed E-state index contributed by atoms with van der Waals surface area (Å²) < 4.78 is 24.4. The number of benzene rings is 1. The predicted octanol–water partition coefficient (Wildman–Crippen LogP) is 2.57. The molecular formula is C14H15NO4S2. The molecule has 21 heavy (non-hydrogen) atoms. The molecule has 5 nitrogen and oxygen atoms in total. The van der Waals surface area contributed by atoms with Gasteiger partial charge in [0, 0.05) is 5.38 Å². The van der Waals surface area contributed by atoms with Crippen LogP contribution in [0, 0.1) is 13.8 Å². The van der Waals surface area contributed by atoms with Crippen LogP contribution in [0.5, 0.6) is 0 Å². The van der Waals surface area contributed by atoms with E-state index in [1.54, 1.807) is 0 Å². The lowest BCUT2D eigenvalue weighted by Gasteiger charge is -2.06. The molecule has 0 spiro atoms. The van der Waals surface area contributed by atoms with Crippen LogP contribution in [0.15, 0.2) is 23.6 Å². The first-order valence-corrected chi connectivity index (χ1v) is 8.90. The van der Waals surface area contributed by atoms with Gasteiger partial charge < -0.3 is 5.11 Å². The SMILES string of the molecule is Cc1cc(C)cc(CS(=O)(=O)Cc2csc(C(=O)O)n2)c1. The molecule has 112 valence electrons. The highest BCUT2D eigenvalue weighted by Crippen LogP contribution is 2.17. The lowest BCUT2D eigenvalue weighted by atomic mass is 10.1. The van der Waals surface area contributed by atoms with Gasteiger partial charge in [0.05, 0.1) is 17.2 Å². The summed E-state index contributed by atoms with van der Waals surface area (Å²) in [5.41, 5.74) is 3.05. The normalized spacial score (nSPS) is 11.5. The van der Waals surface area contributed by atoms with Crippen molar-refractivity contribution in [3.05, 3.63) is 51.0 Å². The number of rotatable bonds is 5. The number of hydrogen-bond acceptors (Lipinski definition) is 5. The Kier molecular flexibility index (Phi) is 4.43. The van der Waals surface area contributed by atoms with E-state index in [9.17, 15) is 13.2 Å². The summed E-state index contributed by atoms with van der Waals surface area (Å²) in [6, 6.07) is 5.66. The average molecular weight is 325 g/mol. The molecule has 0 atom stereocenters. The van der Waals surface area contributed by atoms with Crippen molar-refractivity contribution in [1.29, 1.82) is 0 Å². The average Bonchev–Trinajstić information content (AvgIpc) is 2.74. The maximum absolute atomic E-state index is 12.2. The molecule has 0 aliphatic carbocycles. The topological polar surface area (TPSA) is 84.3 Å². The summed E-state index contributed by atoms with van der Waals surface area (Å²) in [5, 5.41) is 10.2. The van der Waals surface area contributed by atoms with E-state index >= 15 is 0 Å². The summed E-state index contributed by atoms with van der Waals surface area (Å²) in [6.45, 7) is 3.84. The smallest absolute Gasteiger partial charge is 0.365 e. The van der Waals surface area contributed by atoms with Crippen molar-refractivity contribution in [3.8, 4) is 0 Å². The maximum Gasteiger partial charge on any atom is 0.365 e. The Labute approximate surface area is 127 Å². The van der Waals surface area contributed by atoms with E-state index in [4.69, 9.17) is 5.11 Å². The lowest BCUT2D eigenvalue weighted by Crippen LogP contribution is -2.08. The summed E-state index contributed by atoms with van der Waals surface area (Å²) in [5.74, 6) is -1.46. The number of aryl methyl sites for hydroxylation is 2. The van der Waals surface area contributed by atoms with Gasteiger partial charge in [-0.05, 0) is 19.4 Å². The van der Waals surface area contributed by atoms with Gasteiger partial charge in [0.1, 0.15) is 0 Å². The molecule has 0 saturated carbocycles. The molecule has 1 aromatic heterocycles. The number of thiazole rings is 1. The maximum atomic E-state index is 12.2. The quantitative estimate of drug-likeness (QED) is 0.913. The van der Waals surface area contributed by atoms with Gasteiger partial charge in [-0.3, -0.25) is 0 Å². The third-order valence-corrected chi connectivity index (χ3v) is 5.16. The minimum Gasteiger partial charge on any atom is -0.476 e. The second-order valence-electron chi connectivity index (χ2n) is 4.98. The largest absolute Gasteiger partial charge is 0.476 e. The van der Waals surface area contributed by atoms with Gasteiger partial charge in [-0.1, -0.05) is 29.3 Å². The second-order valence-corrected chi connectivity index (χ2v) is 7.90. The van der Waals surface area contributed by atoms with Crippen LogP contribution >= 0.6 is 11.3 Å². The molecule has 0 aliphatic rings. The zero-order valence-corrected chi connectivity index (χ0v) is 13.3. The predicted molar refractivity (Wildman–Crippen MR) is 81.3 cm³/mol. The molecule has 0 saturated heterocycles. The fourth-order valence-electron chi connectivity index (χ4n) is 2.15. The summed E-state index contributed by atoms with van der Waals surface area (Å²) in [4.78, 5) is 14.6. The molecule has 0 fully saturated rings. The monoisotopic (exact) mass is 325 g/mol. The van der Waals surface area contributed by atoms with Gasteiger partial charge in [-0.2, -0.15) is 0 Å². The minimum absolute atomic E-state index is 0.0740. The molecule has 0 aliphatic heterocycles. The zero-order chi connectivity index (χ0) is 15.6. The molecular weight excluding hydrogens is 310 g/mol. The first-order valence-electron chi connectivity index (χ1n) is 6.20. The number of carboxylic acids is 1. The highest BCUT2D eigenvalue weighted by atomic mass is 32.2. The zero-order valence-electron chi connectivity index (χ0n) is 11.7. The summed E-state index contributed by atoms with van der Waals surface area (Å²) >= 11 is 0.934. The second kappa shape index (κ2) is 5.95. The van der Waals surface area contributed by atoms with Crippen LogP contribution in [-0.2, 0) is 21.3 Å². The number of carbonyl (C=O) groups is 1. The van der Waals surface area contributed by atoms with Crippen molar-refractivity contribution >= 4 is 27.1 Å². The van der Waals surface area contributed by atoms with Gasteiger partial charge in [0.25, 0.3) is 0 Å². The number of carboxylic acid groups (broad SMARTS) is 1. The molecule has 7 heteroatoms. The third-order valence-electron chi connectivity index (χ3n) is 2.77. The Bertz CT molecular complexity index is 758. The minimum atomic E-state index is -3.38. The van der Waals surface area contributed by atoms with E-state index in [0.29, 0.717) is 0 Å². The lowest BCUT2D eigenvalue weighted by molar-refractivity contribution is 0.0696. The summed E-state index contributed by atoms with van der Waals surface area (Å²) in [7, 11) is -3.38. The van der Waals surface area contributed by atoms with E-state index in [-0.39, 0.29) is 22.2 Å². The first-order chi connectivity index (χ1) is 9.75. The fraction of sp³-hybridized carbons (Fsp3) is 0.286. The van der Waals surface area contributed by atoms with Crippen LogP contribution in [0.2, 0.25) is 0 Å². The van der Waals surface area contributed by atoms with Crippen LogP contribution in [-0.4, -0.2) is 24.5 Å². The Morgan fingerprint density at radius 3 is 2.33 bits per heavy atom. The van der Waals surface area contributed by atoms with E-state index in [1.165, 1.54) is 5.38 Å². The third kappa shape index (κ3) is 4.37. The van der Waals surface area contributed by atoms with Crippen LogP contribution in [0.25, 0.3) is 0 Å². The van der Waals surface area contributed by atoms with Gasteiger partial charge in [-0.25, -0.2) is 18.2 Å². The van der Waals surface area contributed by atoms with Gasteiger partial charge in [0.15, 0.2) is 9.84 Å². The van der Waals surface area contributed by atoms with Crippen molar-refractivity contribution < 1.29 is 18.3 Å². The molecule has 2 rings (SSSR count). The van der Waals surface area contributed by atoms with Crippen molar-refractivity contribution in [2.45, 2.75) is 25.4 Å². The molecule has 0 amide bonds. The Balaban J connectivity index is 2.16. The van der Waals surface area contributed by atoms with E-state index in [1.807, 2.05) is 32.0 Å². The van der Waals surface area contributed by atoms with Crippen molar-refractivity contribution in [1.82, 2.24) is 4.98 Å². The van der Waals surface area contributed by atoms with Crippen molar-refractivity contribution in [2.24, 2.45) is 0 Å². The molecule has 0 unspecified atom stereocenters. The van der Waals surface area contributed by atoms with E-state index < -0.39 is 15.8 Å². The number of hydrogen-bond donors (Lipinski definition) is 1. The molecule has 1 aromatic carbocycles. The van der Waals surface area contributed by atoms with E-state index in [0.717, 1.165) is 28.0 Å². The molecule has 2 aromatic rings. The molecule has 0 radical (unpaired) electrons.